The second-order valence-corrected chi connectivity index (χ2v) is 7.11. The van der Waals surface area contributed by atoms with Gasteiger partial charge in [0.05, 0.1) is 38.6 Å². The van der Waals surface area contributed by atoms with Crippen molar-refractivity contribution in [2.45, 2.75) is 6.54 Å². The summed E-state index contributed by atoms with van der Waals surface area (Å²) in [5.41, 5.74) is 3.82. The lowest BCUT2D eigenvalue weighted by Crippen LogP contribution is -2.31. The number of aromatic nitrogens is 1. The molecule has 2 aromatic carbocycles. The average Bonchev–Trinajstić information content (AvgIpc) is 2.85. The quantitative estimate of drug-likeness (QED) is 0.615. The van der Waals surface area contributed by atoms with Crippen molar-refractivity contribution >= 4 is 17.3 Å². The first-order chi connectivity index (χ1) is 15.7. The fourth-order valence-corrected chi connectivity index (χ4v) is 3.38. The van der Waals surface area contributed by atoms with Crippen molar-refractivity contribution < 1.29 is 19.0 Å². The fourth-order valence-electron chi connectivity index (χ4n) is 3.38. The van der Waals surface area contributed by atoms with E-state index in [1.54, 1.807) is 32.5 Å². The summed E-state index contributed by atoms with van der Waals surface area (Å²) in [4.78, 5) is 16.6. The molecule has 8 nitrogen and oxygen atoms in total. The van der Waals surface area contributed by atoms with Crippen molar-refractivity contribution in [2.24, 2.45) is 5.10 Å². The number of benzene rings is 2. The van der Waals surface area contributed by atoms with Crippen LogP contribution in [0.4, 0.5) is 5.69 Å². The zero-order valence-electron chi connectivity index (χ0n) is 17.9. The second-order valence-electron chi connectivity index (χ2n) is 7.11. The normalized spacial score (nSPS) is 13.3. The number of methoxy groups -OCH3 is 2. The number of amides is 1. The predicted molar refractivity (Wildman–Crippen MR) is 121 cm³/mol. The molecule has 3 aromatic rings. The monoisotopic (exact) mass is 432 g/mol. The van der Waals surface area contributed by atoms with Crippen LogP contribution in [0.1, 0.15) is 21.5 Å². The Hall–Kier alpha value is -3.91. The van der Waals surface area contributed by atoms with Crippen LogP contribution in [0, 0.1) is 0 Å². The second kappa shape index (κ2) is 9.93. The van der Waals surface area contributed by atoms with Crippen molar-refractivity contribution in [3.8, 4) is 11.5 Å². The van der Waals surface area contributed by atoms with Gasteiger partial charge in [-0.1, -0.05) is 18.2 Å². The molecule has 2 heterocycles. The van der Waals surface area contributed by atoms with Gasteiger partial charge in [-0.05, 0) is 42.0 Å². The summed E-state index contributed by atoms with van der Waals surface area (Å²) < 4.78 is 16.5. The first-order valence-corrected chi connectivity index (χ1v) is 10.1. The zero-order chi connectivity index (χ0) is 22.3. The molecule has 0 fully saturated rings. The van der Waals surface area contributed by atoms with Gasteiger partial charge in [0.2, 0.25) is 0 Å². The lowest BCUT2D eigenvalue weighted by Gasteiger charge is -2.26. The highest BCUT2D eigenvalue weighted by molar-refractivity contribution is 6.04. The molecule has 0 bridgehead atoms. The molecule has 164 valence electrons. The maximum atomic E-state index is 12.6. The minimum atomic E-state index is -0.213. The molecule has 0 spiro atoms. The van der Waals surface area contributed by atoms with Crippen molar-refractivity contribution in [1.29, 1.82) is 0 Å². The molecule has 1 N–H and O–H groups in total. The number of hydrogen-bond donors (Lipinski definition) is 1. The smallest absolute Gasteiger partial charge is 0.257 e. The molecule has 0 saturated carbocycles. The number of ether oxygens (including phenoxy) is 3. The van der Waals surface area contributed by atoms with Crippen molar-refractivity contribution in [2.75, 3.05) is 32.9 Å². The SMILES string of the molecule is COc1ccc(C2=NN(Cc3ccccc3NC(=O)c3cccnc3)COC2)cc1OC. The molecule has 32 heavy (non-hydrogen) atoms. The van der Waals surface area contributed by atoms with Crippen LogP contribution in [0.5, 0.6) is 11.5 Å². The van der Waals surface area contributed by atoms with Crippen LogP contribution < -0.4 is 14.8 Å². The van der Waals surface area contributed by atoms with E-state index in [1.807, 2.05) is 47.5 Å². The molecule has 1 aliphatic heterocycles. The van der Waals surface area contributed by atoms with E-state index in [2.05, 4.69) is 10.3 Å². The number of carbonyl (C=O) groups is 1. The van der Waals surface area contributed by atoms with E-state index in [9.17, 15) is 4.79 Å². The molecule has 0 aliphatic carbocycles. The maximum Gasteiger partial charge on any atom is 0.257 e. The Morgan fingerprint density at radius 1 is 1.09 bits per heavy atom. The highest BCUT2D eigenvalue weighted by atomic mass is 16.5. The summed E-state index contributed by atoms with van der Waals surface area (Å²) in [6, 6.07) is 16.7. The third-order valence-corrected chi connectivity index (χ3v) is 5.00. The lowest BCUT2D eigenvalue weighted by molar-refractivity contribution is 0.0297. The lowest BCUT2D eigenvalue weighted by atomic mass is 10.1. The van der Waals surface area contributed by atoms with E-state index in [0.29, 0.717) is 36.9 Å². The zero-order valence-corrected chi connectivity index (χ0v) is 17.9. The van der Waals surface area contributed by atoms with Gasteiger partial charge < -0.3 is 19.5 Å². The molecular formula is C24H24N4O4. The maximum absolute atomic E-state index is 12.6. The number of para-hydroxylation sites is 1. The van der Waals surface area contributed by atoms with Gasteiger partial charge in [0.25, 0.3) is 5.91 Å². The Morgan fingerprint density at radius 2 is 1.94 bits per heavy atom. The Bertz CT molecular complexity index is 1120. The summed E-state index contributed by atoms with van der Waals surface area (Å²) in [6.07, 6.45) is 3.17. The third kappa shape index (κ3) is 4.87. The highest BCUT2D eigenvalue weighted by Crippen LogP contribution is 2.28. The number of anilines is 1. The molecule has 0 saturated heterocycles. The number of hydrogen-bond acceptors (Lipinski definition) is 7. The van der Waals surface area contributed by atoms with Crippen LogP contribution in [0.2, 0.25) is 0 Å². The first kappa shape index (κ1) is 21.3. The summed E-state index contributed by atoms with van der Waals surface area (Å²) >= 11 is 0. The van der Waals surface area contributed by atoms with E-state index in [4.69, 9.17) is 19.3 Å². The van der Waals surface area contributed by atoms with Gasteiger partial charge in [0, 0.05) is 23.6 Å². The fraction of sp³-hybridized carbons (Fsp3) is 0.208. The molecule has 4 rings (SSSR count). The number of nitrogens with zero attached hydrogens (tertiary/aromatic N) is 3. The van der Waals surface area contributed by atoms with Crippen LogP contribution in [-0.4, -0.2) is 49.2 Å². The number of nitrogens with one attached hydrogen (secondary N) is 1. The summed E-state index contributed by atoms with van der Waals surface area (Å²) in [6.45, 7) is 1.22. The van der Waals surface area contributed by atoms with Gasteiger partial charge in [0.1, 0.15) is 6.73 Å². The number of carbonyl (C=O) groups excluding carboxylic acids is 1. The van der Waals surface area contributed by atoms with Gasteiger partial charge in [0.15, 0.2) is 11.5 Å². The highest BCUT2D eigenvalue weighted by Gasteiger charge is 2.18. The first-order valence-electron chi connectivity index (χ1n) is 10.1. The van der Waals surface area contributed by atoms with Gasteiger partial charge in [-0.3, -0.25) is 14.8 Å². The molecule has 1 amide bonds. The van der Waals surface area contributed by atoms with Gasteiger partial charge in [-0.25, -0.2) is 0 Å². The molecular weight excluding hydrogens is 408 g/mol. The van der Waals surface area contributed by atoms with Crippen molar-refractivity contribution in [3.05, 3.63) is 83.7 Å². The van der Waals surface area contributed by atoms with Gasteiger partial charge >= 0.3 is 0 Å². The Labute approximate surface area is 186 Å². The largest absolute Gasteiger partial charge is 0.493 e. The average molecular weight is 432 g/mol. The third-order valence-electron chi connectivity index (χ3n) is 5.00. The minimum absolute atomic E-state index is 0.213. The van der Waals surface area contributed by atoms with Crippen LogP contribution in [0.3, 0.4) is 0 Å². The minimum Gasteiger partial charge on any atom is -0.493 e. The van der Waals surface area contributed by atoms with Crippen molar-refractivity contribution in [1.82, 2.24) is 9.99 Å². The molecule has 0 unspecified atom stereocenters. The van der Waals surface area contributed by atoms with E-state index in [-0.39, 0.29) is 5.91 Å². The number of hydrazone groups is 1. The van der Waals surface area contributed by atoms with Crippen LogP contribution in [-0.2, 0) is 11.3 Å². The summed E-state index contributed by atoms with van der Waals surface area (Å²) in [7, 11) is 3.20. The number of pyridine rings is 1. The molecule has 8 heteroatoms. The van der Waals surface area contributed by atoms with E-state index < -0.39 is 0 Å². The summed E-state index contributed by atoms with van der Waals surface area (Å²) in [5.74, 6) is 1.08. The number of rotatable bonds is 7. The Kier molecular flexibility index (Phi) is 6.62. The molecule has 1 aromatic heterocycles. The Balaban J connectivity index is 1.53. The van der Waals surface area contributed by atoms with E-state index in [1.165, 1.54) is 6.20 Å². The summed E-state index contributed by atoms with van der Waals surface area (Å²) in [5, 5.41) is 9.55. The van der Waals surface area contributed by atoms with Gasteiger partial charge in [-0.2, -0.15) is 5.10 Å². The van der Waals surface area contributed by atoms with Crippen LogP contribution in [0.15, 0.2) is 72.1 Å². The Morgan fingerprint density at radius 3 is 2.72 bits per heavy atom. The van der Waals surface area contributed by atoms with Gasteiger partial charge in [-0.15, -0.1) is 0 Å². The molecule has 0 atom stereocenters. The van der Waals surface area contributed by atoms with Crippen LogP contribution >= 0.6 is 0 Å². The van der Waals surface area contributed by atoms with E-state index >= 15 is 0 Å². The molecule has 1 aliphatic rings. The van der Waals surface area contributed by atoms with Crippen LogP contribution in [0.25, 0.3) is 0 Å². The standard InChI is InChI=1S/C24H24N4O4/c1-30-22-10-9-17(12-23(22)31-2)21-15-32-16-28(27-21)14-19-6-3-4-8-20(19)26-24(29)18-7-5-11-25-13-18/h3-13H,14-16H2,1-2H3,(H,26,29). The molecule has 0 radical (unpaired) electrons. The van der Waals surface area contributed by atoms with Crippen molar-refractivity contribution in [3.63, 3.8) is 0 Å². The topological polar surface area (TPSA) is 85.3 Å². The predicted octanol–water partition coefficient (Wildman–Crippen LogP) is 3.55. The van der Waals surface area contributed by atoms with E-state index in [0.717, 1.165) is 22.5 Å².